The van der Waals surface area contributed by atoms with Crippen LogP contribution in [0, 0.1) is 5.92 Å². The number of benzene rings is 2. The van der Waals surface area contributed by atoms with E-state index in [0.29, 0.717) is 132 Å². The van der Waals surface area contributed by atoms with Crippen molar-refractivity contribution in [2.75, 3.05) is 129 Å². The summed E-state index contributed by atoms with van der Waals surface area (Å²) in [4.78, 5) is 80.6. The molecule has 82 heavy (non-hydrogen) atoms. The summed E-state index contributed by atoms with van der Waals surface area (Å²) in [5.41, 5.74) is 7.46. The molecule has 4 saturated heterocycles. The molecule has 0 bridgehead atoms. The molecular formula is C59H88N12O10S. The fourth-order valence-electron chi connectivity index (χ4n) is 10.5. The number of ether oxygens (including phenoxy) is 4. The molecule has 3 aromatic rings. The first-order valence-corrected chi connectivity index (χ1v) is 30.7. The molecule has 4 aliphatic heterocycles. The lowest BCUT2D eigenvalue weighted by atomic mass is 9.92. The number of aromatic nitrogens is 2. The minimum absolute atomic E-state index is 0.0477. The van der Waals surface area contributed by atoms with Crippen LogP contribution < -0.4 is 42.4 Å². The number of nitrogens with two attached hydrogens (primary N) is 1. The van der Waals surface area contributed by atoms with E-state index in [1.165, 1.54) is 0 Å². The van der Waals surface area contributed by atoms with E-state index in [1.807, 2.05) is 77.3 Å². The third-order valence-corrected chi connectivity index (χ3v) is 16.7. The number of urea groups is 1. The molecule has 2 aromatic carbocycles. The number of hydrogen-bond acceptors (Lipinski definition) is 15. The Balaban J connectivity index is 0.599. The SMILES string of the molecule is NC(=O)c1c(NCCCC2CCN(C(=O)C=CCN3CCN(CCNC(=O)CCCC(=O)NCCCOCCOCCOCCCNC(=O)CCCCC4SCC5NC(=O)NC54)CC3)CC2)n[nH]c1-c1ccc(Oc2ccccc2)cc1. The van der Waals surface area contributed by atoms with Crippen molar-refractivity contribution in [3.63, 3.8) is 0 Å². The summed E-state index contributed by atoms with van der Waals surface area (Å²) < 4.78 is 22.7. The van der Waals surface area contributed by atoms with Gasteiger partial charge in [-0.1, -0.05) is 30.7 Å². The van der Waals surface area contributed by atoms with Crippen LogP contribution in [0.1, 0.15) is 93.8 Å². The largest absolute Gasteiger partial charge is 0.457 e. The van der Waals surface area contributed by atoms with Crippen LogP contribution in [0.3, 0.4) is 0 Å². The van der Waals surface area contributed by atoms with E-state index in [2.05, 4.69) is 51.9 Å². The van der Waals surface area contributed by atoms with Gasteiger partial charge in [0.05, 0.1) is 44.2 Å². The molecule has 3 atom stereocenters. The van der Waals surface area contributed by atoms with E-state index >= 15 is 0 Å². The number of rotatable bonds is 38. The zero-order valence-electron chi connectivity index (χ0n) is 47.6. The number of hydrogen-bond donors (Lipinski definition) is 8. The number of para-hydroxylation sites is 1. The lowest BCUT2D eigenvalue weighted by molar-refractivity contribution is -0.127. The molecule has 7 amide bonds. The summed E-state index contributed by atoms with van der Waals surface area (Å²) in [5.74, 6) is 2.77. The summed E-state index contributed by atoms with van der Waals surface area (Å²) >= 11 is 1.90. The maximum absolute atomic E-state index is 13.0. The number of piperidine rings is 1. The van der Waals surface area contributed by atoms with Gasteiger partial charge in [-0.15, -0.1) is 0 Å². The normalized spacial score (nSPS) is 18.5. The van der Waals surface area contributed by atoms with Crippen molar-refractivity contribution in [1.82, 2.24) is 51.5 Å². The molecule has 4 aliphatic rings. The minimum atomic E-state index is -0.561. The Kier molecular flexibility index (Phi) is 27.6. The van der Waals surface area contributed by atoms with E-state index < -0.39 is 5.91 Å². The molecule has 1 aromatic heterocycles. The third-order valence-electron chi connectivity index (χ3n) is 15.2. The van der Waals surface area contributed by atoms with Crippen molar-refractivity contribution < 1.29 is 47.7 Å². The monoisotopic (exact) mass is 1160 g/mol. The van der Waals surface area contributed by atoms with Crippen molar-refractivity contribution in [2.45, 2.75) is 101 Å². The number of amides is 7. The number of carbonyl (C=O) groups is 6. The summed E-state index contributed by atoms with van der Waals surface area (Å²) in [6.45, 7) is 11.7. The molecule has 7 rings (SSSR count). The van der Waals surface area contributed by atoms with Crippen LogP contribution >= 0.6 is 11.8 Å². The molecule has 0 aliphatic carbocycles. The number of H-pyrrole nitrogens is 1. The standard InChI is InChI=1S/C59H88N12O10S/c60-57(76)54-55(45-19-21-47(22-20-45)81-46-12-2-1-3-13-46)67-68-58(54)64-25-7-11-44-23-30-71(31-24-44)53(75)18-8-29-69-33-35-70(36-34-69)32-28-63-52(74)17-6-16-51(73)62-27-10-38-79-40-42-80-41-39-78-37-9-26-61-50(72)15-5-4-14-49-56-48(43-82-49)65-59(77)66-56/h1-3,8,12-13,18-22,44,48-49,56H,4-7,9-11,14-17,23-43H2,(H2,60,76)(H,61,72)(H,62,73)(H,63,74)(H2,64,67,68)(H2,65,66,77). The van der Waals surface area contributed by atoms with Crippen LogP contribution in [0.2, 0.25) is 0 Å². The van der Waals surface area contributed by atoms with Crippen LogP contribution in [0.4, 0.5) is 10.6 Å². The van der Waals surface area contributed by atoms with E-state index in [4.69, 9.17) is 24.7 Å². The van der Waals surface area contributed by atoms with Crippen molar-refractivity contribution in [3.8, 4) is 22.8 Å². The van der Waals surface area contributed by atoms with Gasteiger partial charge in [0.15, 0.2) is 5.82 Å². The number of anilines is 1. The predicted molar refractivity (Wildman–Crippen MR) is 317 cm³/mol. The topological polar surface area (TPSA) is 276 Å². The first kappa shape index (κ1) is 63.3. The second-order valence-corrected chi connectivity index (χ2v) is 22.6. The summed E-state index contributed by atoms with van der Waals surface area (Å²) in [6, 6.07) is 17.3. The molecule has 0 spiro atoms. The van der Waals surface area contributed by atoms with Gasteiger partial charge in [-0.2, -0.15) is 16.9 Å². The van der Waals surface area contributed by atoms with Gasteiger partial charge in [-0.25, -0.2) is 4.79 Å². The Morgan fingerprint density at radius 2 is 1.29 bits per heavy atom. The molecule has 0 saturated carbocycles. The van der Waals surface area contributed by atoms with Crippen LogP contribution in [0.25, 0.3) is 11.3 Å². The van der Waals surface area contributed by atoms with Crippen molar-refractivity contribution in [2.24, 2.45) is 11.7 Å². The molecule has 450 valence electrons. The van der Waals surface area contributed by atoms with E-state index in [9.17, 15) is 28.8 Å². The number of nitrogens with one attached hydrogen (secondary N) is 7. The zero-order valence-corrected chi connectivity index (χ0v) is 48.5. The first-order valence-electron chi connectivity index (χ1n) is 29.7. The fraction of sp³-hybridized carbons (Fsp3) is 0.610. The van der Waals surface area contributed by atoms with Gasteiger partial charge in [0.25, 0.3) is 5.91 Å². The average molecular weight is 1160 g/mol. The smallest absolute Gasteiger partial charge is 0.315 e. The number of aromatic amines is 1. The third kappa shape index (κ3) is 22.5. The number of likely N-dealkylation sites (tertiary alicyclic amines) is 1. The van der Waals surface area contributed by atoms with Crippen molar-refractivity contribution in [1.29, 1.82) is 0 Å². The summed E-state index contributed by atoms with van der Waals surface area (Å²) in [6.07, 6.45) is 13.4. The highest BCUT2D eigenvalue weighted by Gasteiger charge is 2.42. The molecule has 5 heterocycles. The molecule has 23 heteroatoms. The highest BCUT2D eigenvalue weighted by molar-refractivity contribution is 8.00. The van der Waals surface area contributed by atoms with Gasteiger partial charge in [0.1, 0.15) is 17.1 Å². The lowest BCUT2D eigenvalue weighted by Crippen LogP contribution is -2.48. The van der Waals surface area contributed by atoms with Crippen molar-refractivity contribution in [3.05, 3.63) is 72.3 Å². The minimum Gasteiger partial charge on any atom is -0.457 e. The van der Waals surface area contributed by atoms with Crippen molar-refractivity contribution >= 4 is 53.1 Å². The van der Waals surface area contributed by atoms with Crippen LogP contribution in [0.5, 0.6) is 11.5 Å². The molecule has 22 nitrogen and oxygen atoms in total. The molecule has 4 fully saturated rings. The second-order valence-electron chi connectivity index (χ2n) is 21.3. The number of piperazine rings is 1. The Morgan fingerprint density at radius 1 is 0.671 bits per heavy atom. The predicted octanol–water partition coefficient (Wildman–Crippen LogP) is 4.65. The van der Waals surface area contributed by atoms with E-state index in [0.717, 1.165) is 121 Å². The quantitative estimate of drug-likeness (QED) is 0.0220. The van der Waals surface area contributed by atoms with Gasteiger partial charge in [-0.05, 0) is 100 Å². The Labute approximate surface area is 487 Å². The Bertz CT molecular complexity index is 2450. The van der Waals surface area contributed by atoms with E-state index in [1.54, 1.807) is 6.08 Å². The zero-order chi connectivity index (χ0) is 57.6. The summed E-state index contributed by atoms with van der Waals surface area (Å²) in [7, 11) is 0. The Morgan fingerprint density at radius 3 is 1.96 bits per heavy atom. The van der Waals surface area contributed by atoms with Gasteiger partial charge >= 0.3 is 6.03 Å². The lowest BCUT2D eigenvalue weighted by Gasteiger charge is -2.34. The molecule has 0 radical (unpaired) electrons. The maximum atomic E-state index is 13.0. The molecule has 9 N–H and O–H groups in total. The fourth-order valence-corrected chi connectivity index (χ4v) is 12.1. The number of thioether (sulfide) groups is 1. The number of fused-ring (bicyclic) bond motifs is 1. The molecular weight excluding hydrogens is 1070 g/mol. The highest BCUT2D eigenvalue weighted by atomic mass is 32.2. The Hall–Kier alpha value is -6.24. The van der Waals surface area contributed by atoms with Crippen LogP contribution in [-0.4, -0.2) is 202 Å². The number of carbonyl (C=O) groups excluding carboxylic acids is 6. The number of unbranched alkanes of at least 4 members (excludes halogenated alkanes) is 1. The van der Waals surface area contributed by atoms with Gasteiger partial charge in [0.2, 0.25) is 23.6 Å². The van der Waals surface area contributed by atoms with Crippen LogP contribution in [0.15, 0.2) is 66.7 Å². The number of nitrogens with zero attached hydrogens (tertiary/aromatic N) is 4. The van der Waals surface area contributed by atoms with Gasteiger partial charge in [0, 0.05) is 134 Å². The highest BCUT2D eigenvalue weighted by Crippen LogP contribution is 2.34. The maximum Gasteiger partial charge on any atom is 0.315 e. The molecule has 3 unspecified atom stereocenters. The van der Waals surface area contributed by atoms with Gasteiger partial charge in [-0.3, -0.25) is 38.9 Å². The van der Waals surface area contributed by atoms with Crippen LogP contribution in [-0.2, 0) is 33.4 Å². The van der Waals surface area contributed by atoms with Gasteiger partial charge < -0.3 is 61.5 Å². The van der Waals surface area contributed by atoms with E-state index in [-0.39, 0.29) is 41.7 Å². The second kappa shape index (κ2) is 35.7. The first-order chi connectivity index (χ1) is 40.1. The number of primary amides is 1. The summed E-state index contributed by atoms with van der Waals surface area (Å²) in [5, 5.41) is 25.9. The average Bonchev–Trinajstić information content (AvgIpc) is 4.42.